The summed E-state index contributed by atoms with van der Waals surface area (Å²) in [6, 6.07) is 8.68. The van der Waals surface area contributed by atoms with Gasteiger partial charge in [-0.15, -0.1) is 0 Å². The Morgan fingerprint density at radius 2 is 2.00 bits per heavy atom. The van der Waals surface area contributed by atoms with E-state index in [1.165, 1.54) is 11.1 Å². The molecule has 0 heterocycles. The van der Waals surface area contributed by atoms with E-state index in [9.17, 15) is 4.79 Å². The van der Waals surface area contributed by atoms with Gasteiger partial charge < -0.3 is 5.32 Å². The van der Waals surface area contributed by atoms with Crippen LogP contribution < -0.4 is 10.6 Å². The first-order valence-electron chi connectivity index (χ1n) is 7.90. The highest BCUT2D eigenvalue weighted by atomic mass is 16.2. The van der Waals surface area contributed by atoms with Gasteiger partial charge in [-0.3, -0.25) is 10.1 Å². The number of rotatable bonds is 5. The Balaban J connectivity index is 2.24. The minimum absolute atomic E-state index is 0.0869. The molecule has 0 spiro atoms. The van der Waals surface area contributed by atoms with Crippen LogP contribution in [0.1, 0.15) is 51.3 Å². The van der Waals surface area contributed by atoms with E-state index in [1.54, 1.807) is 7.05 Å². The molecule has 2 N–H and O–H groups in total. The first-order valence-corrected chi connectivity index (χ1v) is 7.90. The van der Waals surface area contributed by atoms with Crippen molar-refractivity contribution in [1.82, 2.24) is 10.6 Å². The quantitative estimate of drug-likeness (QED) is 0.874. The van der Waals surface area contributed by atoms with Crippen molar-refractivity contribution in [1.29, 1.82) is 0 Å². The number of nitrogens with one attached hydrogen (secondary N) is 2. The second-order valence-electron chi connectivity index (χ2n) is 7.26. The van der Waals surface area contributed by atoms with Gasteiger partial charge in [-0.25, -0.2) is 0 Å². The molecule has 1 amide bonds. The van der Waals surface area contributed by atoms with E-state index >= 15 is 0 Å². The molecule has 21 heavy (non-hydrogen) atoms. The van der Waals surface area contributed by atoms with E-state index in [0.717, 1.165) is 12.8 Å². The molecular weight excluding hydrogens is 260 g/mol. The monoisotopic (exact) mass is 288 g/mol. The van der Waals surface area contributed by atoms with Crippen molar-refractivity contribution in [2.45, 2.75) is 52.6 Å². The van der Waals surface area contributed by atoms with Crippen molar-refractivity contribution in [2.24, 2.45) is 11.3 Å². The van der Waals surface area contributed by atoms with Crippen LogP contribution in [0.3, 0.4) is 0 Å². The van der Waals surface area contributed by atoms with E-state index in [-0.39, 0.29) is 23.4 Å². The van der Waals surface area contributed by atoms with E-state index in [1.807, 2.05) is 0 Å². The fourth-order valence-electron chi connectivity index (χ4n) is 3.40. The zero-order valence-electron chi connectivity index (χ0n) is 13.9. The number of carbonyl (C=O) groups is 1. The van der Waals surface area contributed by atoms with Crippen LogP contribution in [0.5, 0.6) is 0 Å². The van der Waals surface area contributed by atoms with Gasteiger partial charge >= 0.3 is 0 Å². The molecule has 1 aliphatic carbocycles. The molecule has 1 aromatic rings. The highest BCUT2D eigenvalue weighted by Crippen LogP contribution is 2.45. The Morgan fingerprint density at radius 3 is 2.62 bits per heavy atom. The van der Waals surface area contributed by atoms with Crippen LogP contribution in [0.4, 0.5) is 0 Å². The molecule has 2 atom stereocenters. The fourth-order valence-corrected chi connectivity index (χ4v) is 3.40. The van der Waals surface area contributed by atoms with Crippen LogP contribution in [-0.4, -0.2) is 19.0 Å². The van der Waals surface area contributed by atoms with Gasteiger partial charge in [-0.05, 0) is 35.3 Å². The van der Waals surface area contributed by atoms with Gasteiger partial charge in [0.25, 0.3) is 0 Å². The van der Waals surface area contributed by atoms with Gasteiger partial charge in [0.15, 0.2) is 0 Å². The van der Waals surface area contributed by atoms with Crippen LogP contribution in [-0.2, 0) is 11.2 Å². The Kier molecular flexibility index (Phi) is 4.72. The summed E-state index contributed by atoms with van der Waals surface area (Å²) in [4.78, 5) is 12.2. The van der Waals surface area contributed by atoms with Crippen LogP contribution in [0.25, 0.3) is 0 Å². The van der Waals surface area contributed by atoms with Gasteiger partial charge in [0.1, 0.15) is 0 Å². The summed E-state index contributed by atoms with van der Waals surface area (Å²) in [6.45, 7) is 8.87. The van der Waals surface area contributed by atoms with Crippen LogP contribution in [0.15, 0.2) is 24.3 Å². The predicted octanol–water partition coefficient (Wildman–Crippen LogP) is 3.06. The standard InChI is InChI=1S/C18H28N2O/c1-12(2)10-15(17(21)19-5)20-16-14-9-7-6-8-13(14)11-18(16,3)4/h6-9,12,15-16,20H,10-11H2,1-5H3,(H,19,21). The van der Waals surface area contributed by atoms with E-state index in [4.69, 9.17) is 0 Å². The first kappa shape index (κ1) is 16.0. The molecule has 3 nitrogen and oxygen atoms in total. The lowest BCUT2D eigenvalue weighted by Gasteiger charge is -2.32. The van der Waals surface area contributed by atoms with Crippen LogP contribution in [0, 0.1) is 11.3 Å². The smallest absolute Gasteiger partial charge is 0.236 e. The molecule has 0 saturated carbocycles. The highest BCUT2D eigenvalue weighted by molar-refractivity contribution is 5.81. The van der Waals surface area contributed by atoms with Gasteiger partial charge in [-0.2, -0.15) is 0 Å². The van der Waals surface area contributed by atoms with Gasteiger partial charge in [-0.1, -0.05) is 52.0 Å². The molecule has 0 saturated heterocycles. The summed E-state index contributed by atoms with van der Waals surface area (Å²) < 4.78 is 0. The van der Waals surface area contributed by atoms with Crippen molar-refractivity contribution in [3.05, 3.63) is 35.4 Å². The molecule has 2 unspecified atom stereocenters. The summed E-state index contributed by atoms with van der Waals surface area (Å²) in [6.07, 6.45) is 1.91. The third-order valence-electron chi connectivity index (χ3n) is 4.43. The van der Waals surface area contributed by atoms with E-state index < -0.39 is 0 Å². The maximum atomic E-state index is 12.2. The lowest BCUT2D eigenvalue weighted by atomic mass is 9.84. The van der Waals surface area contributed by atoms with Gasteiger partial charge in [0.05, 0.1) is 6.04 Å². The van der Waals surface area contributed by atoms with E-state index in [0.29, 0.717) is 5.92 Å². The SMILES string of the molecule is CNC(=O)C(CC(C)C)NC1c2ccccc2CC1(C)C. The number of carbonyl (C=O) groups excluding carboxylic acids is 1. The summed E-state index contributed by atoms with van der Waals surface area (Å²) in [7, 11) is 1.71. The average molecular weight is 288 g/mol. The Hall–Kier alpha value is -1.35. The number of amides is 1. The maximum Gasteiger partial charge on any atom is 0.236 e. The zero-order valence-corrected chi connectivity index (χ0v) is 13.9. The molecule has 0 bridgehead atoms. The number of hydrogen-bond acceptors (Lipinski definition) is 2. The van der Waals surface area contributed by atoms with Crippen molar-refractivity contribution in [3.63, 3.8) is 0 Å². The Bertz CT molecular complexity index is 508. The third kappa shape index (κ3) is 3.46. The van der Waals surface area contributed by atoms with Crippen molar-refractivity contribution < 1.29 is 4.79 Å². The van der Waals surface area contributed by atoms with Crippen LogP contribution >= 0.6 is 0 Å². The molecule has 2 rings (SSSR count). The van der Waals surface area contributed by atoms with Crippen LogP contribution in [0.2, 0.25) is 0 Å². The summed E-state index contributed by atoms with van der Waals surface area (Å²) in [5, 5.41) is 6.43. The normalized spacial score (nSPS) is 21.1. The predicted molar refractivity (Wildman–Crippen MR) is 87.1 cm³/mol. The molecule has 0 fully saturated rings. The van der Waals surface area contributed by atoms with E-state index in [2.05, 4.69) is 62.6 Å². The second-order valence-corrected chi connectivity index (χ2v) is 7.26. The Morgan fingerprint density at radius 1 is 1.33 bits per heavy atom. The second kappa shape index (κ2) is 6.18. The van der Waals surface area contributed by atoms with Gasteiger partial charge in [0.2, 0.25) is 5.91 Å². The topological polar surface area (TPSA) is 41.1 Å². The average Bonchev–Trinajstić information content (AvgIpc) is 2.67. The number of hydrogen-bond donors (Lipinski definition) is 2. The lowest BCUT2D eigenvalue weighted by Crippen LogP contribution is -2.47. The van der Waals surface area contributed by atoms with Gasteiger partial charge in [0, 0.05) is 13.1 Å². The Labute approximate surface area is 128 Å². The molecule has 3 heteroatoms. The molecule has 0 aliphatic heterocycles. The minimum atomic E-state index is -0.134. The van der Waals surface area contributed by atoms with Crippen molar-refractivity contribution in [3.8, 4) is 0 Å². The number of fused-ring (bicyclic) bond motifs is 1. The molecule has 0 radical (unpaired) electrons. The highest BCUT2D eigenvalue weighted by Gasteiger charge is 2.40. The summed E-state index contributed by atoms with van der Waals surface area (Å²) in [5.74, 6) is 0.573. The molecule has 116 valence electrons. The molecular formula is C18H28N2O. The summed E-state index contributed by atoms with van der Waals surface area (Å²) >= 11 is 0. The fraction of sp³-hybridized carbons (Fsp3) is 0.611. The zero-order chi connectivity index (χ0) is 15.6. The number of likely N-dealkylation sites (N-methyl/N-ethyl adjacent to an activating group) is 1. The largest absolute Gasteiger partial charge is 0.358 e. The minimum Gasteiger partial charge on any atom is -0.358 e. The first-order chi connectivity index (χ1) is 9.85. The lowest BCUT2D eigenvalue weighted by molar-refractivity contribution is -0.123. The number of benzene rings is 1. The molecule has 1 aromatic carbocycles. The molecule has 1 aliphatic rings. The third-order valence-corrected chi connectivity index (χ3v) is 4.43. The van der Waals surface area contributed by atoms with Crippen molar-refractivity contribution in [2.75, 3.05) is 7.05 Å². The van der Waals surface area contributed by atoms with Crippen molar-refractivity contribution >= 4 is 5.91 Å². The summed E-state index contributed by atoms with van der Waals surface area (Å²) in [5.41, 5.74) is 2.88. The molecule has 0 aromatic heterocycles. The maximum absolute atomic E-state index is 12.2.